The molecule has 25 heavy (non-hydrogen) atoms. The monoisotopic (exact) mass is 346 g/mol. The number of hydrogen-bond donors (Lipinski definition) is 1. The Morgan fingerprint density at radius 3 is 2.60 bits per heavy atom. The van der Waals surface area contributed by atoms with E-state index < -0.39 is 0 Å². The normalized spacial score (nSPS) is 16.3. The number of nitrogens with zero attached hydrogens (tertiary/aromatic N) is 3. The largest absolute Gasteiger partial charge is 0.493 e. The van der Waals surface area contributed by atoms with Crippen LogP contribution in [0.5, 0.6) is 17.2 Å². The molecule has 0 bridgehead atoms. The van der Waals surface area contributed by atoms with Crippen molar-refractivity contribution in [1.82, 2.24) is 9.97 Å². The second-order valence-electron chi connectivity index (χ2n) is 5.59. The molecule has 1 atom stereocenters. The lowest BCUT2D eigenvalue weighted by Crippen LogP contribution is -2.20. The summed E-state index contributed by atoms with van der Waals surface area (Å²) >= 11 is 0. The van der Waals surface area contributed by atoms with Gasteiger partial charge >= 0.3 is 0 Å². The number of benzene rings is 1. The molecule has 8 nitrogen and oxygen atoms in total. The third-order valence-corrected chi connectivity index (χ3v) is 4.13. The van der Waals surface area contributed by atoms with Gasteiger partial charge in [-0.1, -0.05) is 12.1 Å². The van der Waals surface area contributed by atoms with Gasteiger partial charge in [-0.3, -0.25) is 0 Å². The fraction of sp³-hybridized carbons (Fsp3) is 0.471. The maximum atomic E-state index is 5.49. The minimum Gasteiger partial charge on any atom is -0.493 e. The Morgan fingerprint density at radius 1 is 1.16 bits per heavy atom. The molecule has 1 N–H and O–H groups in total. The van der Waals surface area contributed by atoms with E-state index >= 15 is 0 Å². The molecule has 0 amide bonds. The van der Waals surface area contributed by atoms with E-state index in [1.54, 1.807) is 21.3 Å². The van der Waals surface area contributed by atoms with Gasteiger partial charge < -0.3 is 24.4 Å². The fourth-order valence-electron chi connectivity index (χ4n) is 2.82. The molecule has 3 rings (SSSR count). The van der Waals surface area contributed by atoms with Crippen molar-refractivity contribution >= 4 is 22.4 Å². The highest BCUT2D eigenvalue weighted by Gasteiger charge is 2.22. The van der Waals surface area contributed by atoms with Crippen molar-refractivity contribution in [3.05, 3.63) is 12.4 Å². The number of aromatic nitrogens is 2. The Morgan fingerprint density at radius 2 is 1.96 bits per heavy atom. The summed E-state index contributed by atoms with van der Waals surface area (Å²) < 4.78 is 16.3. The molecule has 0 saturated heterocycles. The zero-order valence-corrected chi connectivity index (χ0v) is 14.8. The van der Waals surface area contributed by atoms with Gasteiger partial charge in [-0.2, -0.15) is 0 Å². The highest BCUT2D eigenvalue weighted by atomic mass is 16.6. The zero-order chi connectivity index (χ0) is 17.8. The minimum absolute atomic E-state index is 0.00186. The number of fused-ring (bicyclic) bond motifs is 1. The molecule has 134 valence electrons. The first-order chi connectivity index (χ1) is 12.2. The number of hydrogen-bond acceptors (Lipinski definition) is 8. The fourth-order valence-corrected chi connectivity index (χ4v) is 2.82. The van der Waals surface area contributed by atoms with Gasteiger partial charge in [0.05, 0.1) is 39.0 Å². The van der Waals surface area contributed by atoms with Gasteiger partial charge in [-0.25, -0.2) is 9.97 Å². The molecular weight excluding hydrogens is 324 g/mol. The second kappa shape index (κ2) is 7.42. The van der Waals surface area contributed by atoms with Crippen molar-refractivity contribution in [2.24, 2.45) is 5.16 Å². The standard InChI is InChI=1S/C17H22N4O4/c1-5-10-6-11(25-21-10)8-18-17-12-7-13(22-2)15(23-3)16(24-4)14(12)19-9-20-17/h7,9,11H,5-6,8H2,1-4H3,(H,18,19,20). The summed E-state index contributed by atoms with van der Waals surface area (Å²) in [5.41, 5.74) is 1.72. The number of rotatable bonds is 7. The van der Waals surface area contributed by atoms with Crippen LogP contribution in [0.25, 0.3) is 10.9 Å². The Hall–Kier alpha value is -2.77. The van der Waals surface area contributed by atoms with E-state index in [9.17, 15) is 0 Å². The predicted octanol–water partition coefficient (Wildman–Crippen LogP) is 2.62. The zero-order valence-electron chi connectivity index (χ0n) is 14.8. The van der Waals surface area contributed by atoms with Crippen LogP contribution in [0, 0.1) is 0 Å². The van der Waals surface area contributed by atoms with Crippen LogP contribution in [0.1, 0.15) is 19.8 Å². The molecule has 0 aliphatic carbocycles. The van der Waals surface area contributed by atoms with Gasteiger partial charge in [0.15, 0.2) is 11.5 Å². The molecule has 1 aromatic carbocycles. The molecule has 1 aromatic heterocycles. The molecule has 1 aliphatic heterocycles. The lowest BCUT2D eigenvalue weighted by molar-refractivity contribution is 0.0948. The lowest BCUT2D eigenvalue weighted by Gasteiger charge is -2.16. The van der Waals surface area contributed by atoms with Gasteiger partial charge in [0.2, 0.25) is 5.75 Å². The van der Waals surface area contributed by atoms with Crippen molar-refractivity contribution in [3.8, 4) is 17.2 Å². The van der Waals surface area contributed by atoms with Crippen LogP contribution in [0.2, 0.25) is 0 Å². The Bertz CT molecular complexity index is 794. The van der Waals surface area contributed by atoms with Crippen LogP contribution in [0.3, 0.4) is 0 Å². The van der Waals surface area contributed by atoms with Gasteiger partial charge in [-0.15, -0.1) is 0 Å². The van der Waals surface area contributed by atoms with Crippen LogP contribution in [-0.4, -0.2) is 49.7 Å². The Labute approximate surface area is 146 Å². The van der Waals surface area contributed by atoms with E-state index in [1.807, 2.05) is 6.07 Å². The molecule has 1 aliphatic rings. The summed E-state index contributed by atoms with van der Waals surface area (Å²) in [7, 11) is 4.72. The number of anilines is 1. The minimum atomic E-state index is 0.00186. The van der Waals surface area contributed by atoms with Crippen LogP contribution in [0.4, 0.5) is 5.82 Å². The topological polar surface area (TPSA) is 87.1 Å². The number of oxime groups is 1. The Balaban J connectivity index is 1.91. The molecule has 2 aromatic rings. The highest BCUT2D eigenvalue weighted by Crippen LogP contribution is 2.43. The summed E-state index contributed by atoms with van der Waals surface area (Å²) in [6.45, 7) is 2.66. The van der Waals surface area contributed by atoms with Crippen molar-refractivity contribution in [2.75, 3.05) is 33.2 Å². The molecule has 2 heterocycles. The summed E-state index contributed by atoms with van der Waals surface area (Å²) in [6.07, 6.45) is 3.22. The average Bonchev–Trinajstić information content (AvgIpc) is 3.12. The predicted molar refractivity (Wildman–Crippen MR) is 94.9 cm³/mol. The van der Waals surface area contributed by atoms with Crippen molar-refractivity contribution < 1.29 is 19.0 Å². The molecule has 0 spiro atoms. The maximum absolute atomic E-state index is 5.49. The first-order valence-electron chi connectivity index (χ1n) is 8.10. The number of ether oxygens (including phenoxy) is 3. The van der Waals surface area contributed by atoms with Crippen molar-refractivity contribution in [1.29, 1.82) is 0 Å². The quantitative estimate of drug-likeness (QED) is 0.824. The highest BCUT2D eigenvalue weighted by molar-refractivity contribution is 5.96. The molecule has 8 heteroatoms. The van der Waals surface area contributed by atoms with Gasteiger partial charge in [0.1, 0.15) is 23.8 Å². The first-order valence-corrected chi connectivity index (χ1v) is 8.10. The van der Waals surface area contributed by atoms with E-state index in [2.05, 4.69) is 27.4 Å². The number of methoxy groups -OCH3 is 3. The third kappa shape index (κ3) is 3.24. The molecular formula is C17H22N4O4. The van der Waals surface area contributed by atoms with Crippen LogP contribution in [-0.2, 0) is 4.84 Å². The molecule has 1 unspecified atom stereocenters. The van der Waals surface area contributed by atoms with Crippen LogP contribution >= 0.6 is 0 Å². The molecule has 0 fully saturated rings. The maximum Gasteiger partial charge on any atom is 0.205 e. The first kappa shape index (κ1) is 17.1. The molecule has 0 radical (unpaired) electrons. The average molecular weight is 346 g/mol. The van der Waals surface area contributed by atoms with Gasteiger partial charge in [0.25, 0.3) is 0 Å². The van der Waals surface area contributed by atoms with E-state index in [0.717, 1.165) is 23.9 Å². The third-order valence-electron chi connectivity index (χ3n) is 4.13. The van der Waals surface area contributed by atoms with Crippen LogP contribution < -0.4 is 19.5 Å². The molecule has 0 saturated carbocycles. The summed E-state index contributed by atoms with van der Waals surface area (Å²) in [5, 5.41) is 8.17. The SMILES string of the molecule is CCC1=NOC(CNc2ncnc3c(OC)c(OC)c(OC)cc23)C1. The summed E-state index contributed by atoms with van der Waals surface area (Å²) in [5.74, 6) is 2.24. The van der Waals surface area contributed by atoms with E-state index in [0.29, 0.717) is 35.1 Å². The van der Waals surface area contributed by atoms with E-state index in [-0.39, 0.29) is 6.10 Å². The van der Waals surface area contributed by atoms with Crippen LogP contribution in [0.15, 0.2) is 17.5 Å². The summed E-state index contributed by atoms with van der Waals surface area (Å²) in [6, 6.07) is 1.84. The van der Waals surface area contributed by atoms with Crippen molar-refractivity contribution in [3.63, 3.8) is 0 Å². The second-order valence-corrected chi connectivity index (χ2v) is 5.59. The van der Waals surface area contributed by atoms with Crippen molar-refractivity contribution in [2.45, 2.75) is 25.9 Å². The van der Waals surface area contributed by atoms with Gasteiger partial charge in [0, 0.05) is 6.42 Å². The smallest absolute Gasteiger partial charge is 0.205 e. The van der Waals surface area contributed by atoms with E-state index in [1.165, 1.54) is 6.33 Å². The lowest BCUT2D eigenvalue weighted by atomic mass is 10.1. The van der Waals surface area contributed by atoms with Gasteiger partial charge in [-0.05, 0) is 12.5 Å². The summed E-state index contributed by atoms with van der Waals surface area (Å²) in [4.78, 5) is 14.1. The van der Waals surface area contributed by atoms with E-state index in [4.69, 9.17) is 19.0 Å². The number of nitrogens with one attached hydrogen (secondary N) is 1. The Kier molecular flexibility index (Phi) is 5.06.